The molecule has 2 fully saturated rings. The second-order valence-electron chi connectivity index (χ2n) is 11.4. The second-order valence-corrected chi connectivity index (χ2v) is 11.4. The Balaban J connectivity index is 1.84. The van der Waals surface area contributed by atoms with Gasteiger partial charge in [-0.25, -0.2) is 0 Å². The Kier molecular flexibility index (Phi) is 7.54. The third-order valence-electron chi connectivity index (χ3n) is 7.86. The van der Waals surface area contributed by atoms with Crippen LogP contribution in [0.2, 0.25) is 0 Å². The molecule has 0 saturated carbocycles. The number of nitrogens with one attached hydrogen (secondary N) is 1. The van der Waals surface area contributed by atoms with Gasteiger partial charge in [0.2, 0.25) is 17.7 Å². The lowest BCUT2D eigenvalue weighted by atomic mass is 9.77. The van der Waals surface area contributed by atoms with E-state index in [-0.39, 0.29) is 31.4 Å². The Bertz CT molecular complexity index is 998. The van der Waals surface area contributed by atoms with Crippen molar-refractivity contribution in [3.63, 3.8) is 0 Å². The molecule has 0 aromatic heterocycles. The molecule has 2 saturated heterocycles. The number of allylic oxidation sites excluding steroid dienone is 1. The first-order valence-corrected chi connectivity index (χ1v) is 13.2. The molecule has 4 aliphatic rings. The molecule has 7 atom stereocenters. The Morgan fingerprint density at radius 1 is 1.19 bits per heavy atom. The molecule has 4 heterocycles. The highest BCUT2D eigenvalue weighted by Gasteiger charge is 2.72. The van der Waals surface area contributed by atoms with Crippen molar-refractivity contribution in [2.75, 3.05) is 19.7 Å². The lowest BCUT2D eigenvalue weighted by Crippen LogP contribution is -2.60. The zero-order valence-corrected chi connectivity index (χ0v) is 22.3. The van der Waals surface area contributed by atoms with Crippen molar-refractivity contribution in [2.24, 2.45) is 11.8 Å². The molecular formula is C27H39N3O7. The molecule has 204 valence electrons. The number of cyclic esters (lactones) is 1. The van der Waals surface area contributed by atoms with Crippen molar-refractivity contribution in [1.29, 1.82) is 0 Å². The molecule has 0 aromatic rings. The second kappa shape index (κ2) is 10.2. The average Bonchev–Trinajstić information content (AvgIpc) is 3.20. The summed E-state index contributed by atoms with van der Waals surface area (Å²) in [6.45, 7) is 9.49. The molecule has 4 rings (SSSR count). The number of esters is 1. The highest BCUT2D eigenvalue weighted by molar-refractivity contribution is 5.99. The monoisotopic (exact) mass is 517 g/mol. The summed E-state index contributed by atoms with van der Waals surface area (Å²) in [5.74, 6) is -3.41. The van der Waals surface area contributed by atoms with E-state index >= 15 is 0 Å². The number of hydrogen-bond donors (Lipinski definition) is 2. The maximum Gasteiger partial charge on any atom is 0.313 e. The molecule has 0 aliphatic carbocycles. The zero-order chi connectivity index (χ0) is 27.1. The standard InChI is InChI=1S/C27H39N3O7/c1-6-17(15-31)30-22-24(34)29(26(3,4)5)13-9-12-27(22)21(23(30)33)20-18(37-27)10-7-8-11-19(32)28-14-16(2)36-25(20)35/h7,9-10,12,16-18,20-22,31H,6,8,11,13-15H2,1-5H3,(H,28,32)/b10-7-/t16-,17+,18-,20+,21+,22-,27+/m1/s1. The van der Waals surface area contributed by atoms with E-state index in [2.05, 4.69) is 5.32 Å². The quantitative estimate of drug-likeness (QED) is 0.421. The number of carbonyl (C=O) groups is 4. The Morgan fingerprint density at radius 2 is 1.92 bits per heavy atom. The van der Waals surface area contributed by atoms with E-state index in [0.717, 1.165) is 0 Å². The minimum Gasteiger partial charge on any atom is -0.460 e. The van der Waals surface area contributed by atoms with E-state index in [1.165, 1.54) is 4.90 Å². The third kappa shape index (κ3) is 4.69. The van der Waals surface area contributed by atoms with E-state index in [4.69, 9.17) is 9.47 Å². The molecule has 3 amide bonds. The van der Waals surface area contributed by atoms with Gasteiger partial charge in [0.25, 0.3) is 0 Å². The summed E-state index contributed by atoms with van der Waals surface area (Å²) in [5.41, 5.74) is -1.92. The van der Waals surface area contributed by atoms with Gasteiger partial charge in [0, 0.05) is 18.5 Å². The summed E-state index contributed by atoms with van der Waals surface area (Å²) in [7, 11) is 0. The number of hydrogen-bond acceptors (Lipinski definition) is 7. The predicted molar refractivity (Wildman–Crippen MR) is 134 cm³/mol. The van der Waals surface area contributed by atoms with Crippen LogP contribution in [0.5, 0.6) is 0 Å². The van der Waals surface area contributed by atoms with Gasteiger partial charge in [0.05, 0.1) is 31.2 Å². The van der Waals surface area contributed by atoms with Gasteiger partial charge >= 0.3 is 5.97 Å². The molecular weight excluding hydrogens is 478 g/mol. The summed E-state index contributed by atoms with van der Waals surface area (Å²) in [6.07, 6.45) is 6.82. The Labute approximate surface area is 218 Å². The summed E-state index contributed by atoms with van der Waals surface area (Å²) in [6, 6.07) is -1.64. The summed E-state index contributed by atoms with van der Waals surface area (Å²) in [5, 5.41) is 12.9. The van der Waals surface area contributed by atoms with Crippen molar-refractivity contribution in [2.45, 2.75) is 89.3 Å². The van der Waals surface area contributed by atoms with Gasteiger partial charge in [-0.15, -0.1) is 0 Å². The van der Waals surface area contributed by atoms with Crippen molar-refractivity contribution in [3.8, 4) is 0 Å². The molecule has 1 spiro atoms. The fourth-order valence-corrected chi connectivity index (χ4v) is 6.01. The SMILES string of the molecule is CC[C@@H](CO)N1C(=O)[C@@H]2[C@H]3C(=O)O[C@H](C)CNC(=O)CC/C=C\[C@H]3O[C@@]23C=CCN(C(C)(C)C)C(=O)[C@@H]13. The van der Waals surface area contributed by atoms with Crippen molar-refractivity contribution >= 4 is 23.7 Å². The highest BCUT2D eigenvalue weighted by Crippen LogP contribution is 2.54. The Morgan fingerprint density at radius 3 is 2.57 bits per heavy atom. The van der Waals surface area contributed by atoms with Gasteiger partial charge < -0.3 is 29.7 Å². The number of aliphatic hydroxyl groups is 1. The molecule has 0 unspecified atom stereocenters. The van der Waals surface area contributed by atoms with Gasteiger partial charge in [-0.05, 0) is 40.5 Å². The molecule has 10 nitrogen and oxygen atoms in total. The molecule has 2 N–H and O–H groups in total. The molecule has 0 bridgehead atoms. The molecule has 4 aliphatic heterocycles. The normalized spacial score (nSPS) is 36.4. The lowest BCUT2D eigenvalue weighted by Gasteiger charge is -2.42. The van der Waals surface area contributed by atoms with Gasteiger partial charge in [0.15, 0.2) is 0 Å². The number of aliphatic hydroxyl groups excluding tert-OH is 1. The highest BCUT2D eigenvalue weighted by atomic mass is 16.6. The average molecular weight is 518 g/mol. The van der Waals surface area contributed by atoms with Crippen LogP contribution in [0.4, 0.5) is 0 Å². The van der Waals surface area contributed by atoms with E-state index in [0.29, 0.717) is 19.4 Å². The number of likely N-dealkylation sites (tertiary alicyclic amines) is 1. The number of fused-ring (bicyclic) bond motifs is 2. The largest absolute Gasteiger partial charge is 0.460 e. The molecule has 0 radical (unpaired) electrons. The molecule has 0 aromatic carbocycles. The Hall–Kier alpha value is -2.72. The topological polar surface area (TPSA) is 125 Å². The van der Waals surface area contributed by atoms with Gasteiger partial charge in [-0.3, -0.25) is 19.2 Å². The maximum absolute atomic E-state index is 14.2. The minimum atomic E-state index is -1.40. The van der Waals surface area contributed by atoms with Gasteiger partial charge in [0.1, 0.15) is 23.7 Å². The van der Waals surface area contributed by atoms with E-state index in [9.17, 15) is 24.3 Å². The first-order valence-electron chi connectivity index (χ1n) is 13.2. The van der Waals surface area contributed by atoms with Crippen LogP contribution >= 0.6 is 0 Å². The van der Waals surface area contributed by atoms with Crippen LogP contribution < -0.4 is 5.32 Å². The van der Waals surface area contributed by atoms with Crippen LogP contribution in [0.3, 0.4) is 0 Å². The van der Waals surface area contributed by atoms with E-state index < -0.39 is 59.1 Å². The first-order chi connectivity index (χ1) is 17.5. The summed E-state index contributed by atoms with van der Waals surface area (Å²) >= 11 is 0. The van der Waals surface area contributed by atoms with E-state index in [1.54, 1.807) is 30.1 Å². The van der Waals surface area contributed by atoms with Crippen LogP contribution in [0.25, 0.3) is 0 Å². The zero-order valence-electron chi connectivity index (χ0n) is 22.3. The fourth-order valence-electron chi connectivity index (χ4n) is 6.01. The lowest BCUT2D eigenvalue weighted by molar-refractivity contribution is -0.160. The van der Waals surface area contributed by atoms with Crippen molar-refractivity contribution < 1.29 is 33.8 Å². The number of carbonyl (C=O) groups excluding carboxylic acids is 4. The van der Waals surface area contributed by atoms with Crippen LogP contribution in [-0.4, -0.2) is 93.7 Å². The third-order valence-corrected chi connectivity index (χ3v) is 7.86. The van der Waals surface area contributed by atoms with Crippen LogP contribution in [-0.2, 0) is 28.7 Å². The first kappa shape index (κ1) is 27.3. The number of ether oxygens (including phenoxy) is 2. The number of amides is 3. The summed E-state index contributed by atoms with van der Waals surface area (Å²) < 4.78 is 12.3. The predicted octanol–water partition coefficient (Wildman–Crippen LogP) is 0.933. The smallest absolute Gasteiger partial charge is 0.313 e. The van der Waals surface area contributed by atoms with Crippen LogP contribution in [0.15, 0.2) is 24.3 Å². The molecule has 37 heavy (non-hydrogen) atoms. The summed E-state index contributed by atoms with van der Waals surface area (Å²) in [4.78, 5) is 57.1. The van der Waals surface area contributed by atoms with Gasteiger partial charge in [-0.2, -0.15) is 0 Å². The number of rotatable bonds is 3. The minimum absolute atomic E-state index is 0.146. The van der Waals surface area contributed by atoms with Crippen molar-refractivity contribution in [3.05, 3.63) is 24.3 Å². The fraction of sp³-hybridized carbons (Fsp3) is 0.704. The maximum atomic E-state index is 14.2. The molecule has 10 heteroatoms. The van der Waals surface area contributed by atoms with E-state index in [1.807, 2.05) is 33.8 Å². The van der Waals surface area contributed by atoms with Crippen LogP contribution in [0.1, 0.15) is 53.9 Å². The number of nitrogens with zero attached hydrogens (tertiary/aromatic N) is 2. The van der Waals surface area contributed by atoms with Crippen molar-refractivity contribution in [1.82, 2.24) is 15.1 Å². The van der Waals surface area contributed by atoms with Crippen LogP contribution in [0, 0.1) is 11.8 Å². The van der Waals surface area contributed by atoms with Gasteiger partial charge in [-0.1, -0.05) is 31.2 Å².